The van der Waals surface area contributed by atoms with Gasteiger partial charge in [-0.1, -0.05) is 38.4 Å². The summed E-state index contributed by atoms with van der Waals surface area (Å²) in [6.45, 7) is 7.50. The maximum atomic E-state index is 13.2. The van der Waals surface area contributed by atoms with Crippen molar-refractivity contribution in [1.82, 2.24) is 4.90 Å². The first-order chi connectivity index (χ1) is 7.71. The van der Waals surface area contributed by atoms with Gasteiger partial charge in [0.1, 0.15) is 5.82 Å². The van der Waals surface area contributed by atoms with E-state index in [0.29, 0.717) is 5.92 Å². The van der Waals surface area contributed by atoms with Crippen LogP contribution in [-0.4, -0.2) is 25.5 Å². The minimum Gasteiger partial charge on any atom is -0.309 e. The van der Waals surface area contributed by atoms with Crippen LogP contribution in [0.5, 0.6) is 0 Å². The van der Waals surface area contributed by atoms with Crippen molar-refractivity contribution in [2.45, 2.75) is 26.7 Å². The molecule has 0 amide bonds. The number of hydrogen-bond donors (Lipinski definition) is 0. The van der Waals surface area contributed by atoms with E-state index < -0.39 is 0 Å². The zero-order valence-corrected chi connectivity index (χ0v) is 12.0. The van der Waals surface area contributed by atoms with E-state index >= 15 is 0 Å². The Balaban J connectivity index is 3.09. The van der Waals surface area contributed by atoms with Crippen molar-refractivity contribution in [2.24, 2.45) is 5.41 Å². The molecule has 17 heavy (non-hydrogen) atoms. The highest BCUT2D eigenvalue weighted by molar-refractivity contribution is 6.30. The monoisotopic (exact) mass is 257 g/mol. The minimum absolute atomic E-state index is 0.116. The molecule has 1 unspecified atom stereocenters. The highest BCUT2D eigenvalue weighted by Crippen LogP contribution is 2.36. The summed E-state index contributed by atoms with van der Waals surface area (Å²) >= 11 is 5.86. The van der Waals surface area contributed by atoms with E-state index in [1.807, 2.05) is 20.2 Å². The number of halogens is 2. The Bertz CT molecular complexity index is 382. The lowest BCUT2D eigenvalue weighted by atomic mass is 9.76. The Morgan fingerprint density at radius 3 is 2.29 bits per heavy atom. The maximum absolute atomic E-state index is 13.2. The lowest BCUT2D eigenvalue weighted by Crippen LogP contribution is -2.29. The van der Waals surface area contributed by atoms with Gasteiger partial charge in [-0.25, -0.2) is 4.39 Å². The fourth-order valence-electron chi connectivity index (χ4n) is 1.97. The molecule has 96 valence electrons. The van der Waals surface area contributed by atoms with Gasteiger partial charge in [0.05, 0.1) is 5.02 Å². The molecule has 0 N–H and O–H groups in total. The number of likely N-dealkylation sites (N-methyl/N-ethyl adjacent to an activating group) is 1. The Morgan fingerprint density at radius 2 is 1.88 bits per heavy atom. The summed E-state index contributed by atoms with van der Waals surface area (Å²) in [6, 6.07) is 5.03. The van der Waals surface area contributed by atoms with E-state index in [1.165, 1.54) is 6.07 Å². The summed E-state index contributed by atoms with van der Waals surface area (Å²) in [5.41, 5.74) is 1.21. The molecule has 0 spiro atoms. The third-order valence-electron chi connectivity index (χ3n) is 2.94. The van der Waals surface area contributed by atoms with Crippen LogP contribution in [0.25, 0.3) is 0 Å². The molecule has 0 aliphatic carbocycles. The molecule has 0 radical (unpaired) electrons. The highest BCUT2D eigenvalue weighted by atomic mass is 35.5. The van der Waals surface area contributed by atoms with Crippen LogP contribution in [0.4, 0.5) is 4.39 Å². The van der Waals surface area contributed by atoms with Crippen molar-refractivity contribution in [3.63, 3.8) is 0 Å². The highest BCUT2D eigenvalue weighted by Gasteiger charge is 2.27. The van der Waals surface area contributed by atoms with Gasteiger partial charge in [0.25, 0.3) is 0 Å². The number of rotatable bonds is 3. The van der Waals surface area contributed by atoms with Crippen LogP contribution in [0.15, 0.2) is 18.2 Å². The van der Waals surface area contributed by atoms with Crippen LogP contribution in [0.1, 0.15) is 32.3 Å². The topological polar surface area (TPSA) is 3.24 Å². The summed E-state index contributed by atoms with van der Waals surface area (Å²) < 4.78 is 13.2. The molecule has 1 aromatic rings. The largest absolute Gasteiger partial charge is 0.309 e. The lowest BCUT2D eigenvalue weighted by molar-refractivity contribution is 0.249. The van der Waals surface area contributed by atoms with Gasteiger partial charge >= 0.3 is 0 Å². The quantitative estimate of drug-likeness (QED) is 0.786. The molecule has 0 bridgehead atoms. The molecule has 0 fully saturated rings. The van der Waals surface area contributed by atoms with E-state index in [0.717, 1.165) is 12.1 Å². The van der Waals surface area contributed by atoms with Gasteiger partial charge < -0.3 is 4.90 Å². The van der Waals surface area contributed by atoms with Crippen LogP contribution < -0.4 is 0 Å². The summed E-state index contributed by atoms with van der Waals surface area (Å²) in [5, 5.41) is 0.204. The molecule has 1 atom stereocenters. The number of hydrogen-bond acceptors (Lipinski definition) is 1. The predicted octanol–water partition coefficient (Wildman–Crippen LogP) is 4.17. The normalized spacial score (nSPS) is 14.1. The third kappa shape index (κ3) is 3.97. The smallest absolute Gasteiger partial charge is 0.141 e. The molecule has 0 saturated carbocycles. The van der Waals surface area contributed by atoms with Crippen LogP contribution in [0.3, 0.4) is 0 Å². The average Bonchev–Trinajstić information content (AvgIpc) is 2.17. The van der Waals surface area contributed by atoms with E-state index in [1.54, 1.807) is 6.07 Å². The van der Waals surface area contributed by atoms with E-state index in [9.17, 15) is 4.39 Å². The van der Waals surface area contributed by atoms with Gasteiger partial charge in [0.15, 0.2) is 0 Å². The Morgan fingerprint density at radius 1 is 1.29 bits per heavy atom. The first-order valence-electron chi connectivity index (χ1n) is 5.81. The minimum atomic E-state index is -0.354. The SMILES string of the molecule is CN(C)CC(c1ccc(F)c(Cl)c1)C(C)(C)C. The second-order valence-corrected chi connectivity index (χ2v) is 6.26. The average molecular weight is 258 g/mol. The predicted molar refractivity (Wildman–Crippen MR) is 72.2 cm³/mol. The standard InChI is InChI=1S/C14H21ClFN/c1-14(2,3)11(9-17(4)5)10-6-7-13(16)12(15)8-10/h6-8,11H,9H2,1-5H3. The molecule has 1 nitrogen and oxygen atoms in total. The second kappa shape index (κ2) is 5.36. The molecule has 0 aliphatic rings. The number of benzene rings is 1. The van der Waals surface area contributed by atoms with Gasteiger partial charge in [0, 0.05) is 12.5 Å². The molecule has 0 heterocycles. The fourth-order valence-corrected chi connectivity index (χ4v) is 2.16. The summed E-state index contributed by atoms with van der Waals surface area (Å²) in [5.74, 6) is -0.0245. The van der Waals surface area contributed by atoms with Crippen molar-refractivity contribution in [1.29, 1.82) is 0 Å². The molecule has 3 heteroatoms. The van der Waals surface area contributed by atoms with Crippen molar-refractivity contribution in [3.8, 4) is 0 Å². The van der Waals surface area contributed by atoms with Crippen molar-refractivity contribution in [3.05, 3.63) is 34.6 Å². The summed E-state index contributed by atoms with van der Waals surface area (Å²) in [6.07, 6.45) is 0. The number of nitrogens with zero attached hydrogens (tertiary/aromatic N) is 1. The first kappa shape index (κ1) is 14.5. The first-order valence-corrected chi connectivity index (χ1v) is 6.19. The van der Waals surface area contributed by atoms with Gasteiger partial charge in [-0.05, 0) is 37.2 Å². The maximum Gasteiger partial charge on any atom is 0.141 e. The molecule has 1 aromatic carbocycles. The Hall–Kier alpha value is -0.600. The third-order valence-corrected chi connectivity index (χ3v) is 3.23. The van der Waals surface area contributed by atoms with Gasteiger partial charge in [-0.2, -0.15) is 0 Å². The van der Waals surface area contributed by atoms with Crippen molar-refractivity contribution in [2.75, 3.05) is 20.6 Å². The van der Waals surface area contributed by atoms with Crippen LogP contribution in [0, 0.1) is 11.2 Å². The molecule has 0 saturated heterocycles. The molecule has 0 aliphatic heterocycles. The Kier molecular flexibility index (Phi) is 4.56. The van der Waals surface area contributed by atoms with E-state index in [4.69, 9.17) is 11.6 Å². The van der Waals surface area contributed by atoms with Gasteiger partial charge in [-0.3, -0.25) is 0 Å². The zero-order chi connectivity index (χ0) is 13.2. The lowest BCUT2D eigenvalue weighted by Gasteiger charge is -2.33. The van der Waals surface area contributed by atoms with Crippen LogP contribution >= 0.6 is 11.6 Å². The Labute approximate surface area is 109 Å². The van der Waals surface area contributed by atoms with Crippen molar-refractivity contribution < 1.29 is 4.39 Å². The van der Waals surface area contributed by atoms with E-state index in [-0.39, 0.29) is 16.3 Å². The van der Waals surface area contributed by atoms with E-state index in [2.05, 4.69) is 25.7 Å². The van der Waals surface area contributed by atoms with Crippen molar-refractivity contribution >= 4 is 11.6 Å². The summed E-state index contributed by atoms with van der Waals surface area (Å²) in [7, 11) is 4.09. The fraction of sp³-hybridized carbons (Fsp3) is 0.571. The molecular weight excluding hydrogens is 237 g/mol. The summed E-state index contributed by atoms with van der Waals surface area (Å²) in [4.78, 5) is 2.15. The van der Waals surface area contributed by atoms with Gasteiger partial charge in [-0.15, -0.1) is 0 Å². The van der Waals surface area contributed by atoms with Gasteiger partial charge in [0.2, 0.25) is 0 Å². The van der Waals surface area contributed by atoms with Crippen LogP contribution in [0.2, 0.25) is 5.02 Å². The zero-order valence-electron chi connectivity index (χ0n) is 11.2. The van der Waals surface area contributed by atoms with Crippen LogP contribution in [-0.2, 0) is 0 Å². The molecule has 0 aromatic heterocycles. The second-order valence-electron chi connectivity index (χ2n) is 5.85. The molecular formula is C14H21ClFN. The molecule has 1 rings (SSSR count).